The van der Waals surface area contributed by atoms with Gasteiger partial charge in [0.25, 0.3) is 0 Å². The van der Waals surface area contributed by atoms with Crippen LogP contribution in [0.2, 0.25) is 0 Å². The van der Waals surface area contributed by atoms with Crippen molar-refractivity contribution in [3.8, 4) is 0 Å². The summed E-state index contributed by atoms with van der Waals surface area (Å²) in [4.78, 5) is 2.14. The molecule has 0 aliphatic rings. The first kappa shape index (κ1) is 17.6. The van der Waals surface area contributed by atoms with Crippen LogP contribution in [0.15, 0.2) is 36.7 Å². The summed E-state index contributed by atoms with van der Waals surface area (Å²) in [5.74, 6) is -0.200. The van der Waals surface area contributed by atoms with E-state index < -0.39 is 0 Å². The molecule has 23 heavy (non-hydrogen) atoms. The summed E-state index contributed by atoms with van der Waals surface area (Å²) < 4.78 is 15.1. The lowest BCUT2D eigenvalue weighted by Gasteiger charge is -2.25. The summed E-state index contributed by atoms with van der Waals surface area (Å²) in [5, 5.41) is 7.89. The van der Waals surface area contributed by atoms with Gasteiger partial charge in [-0.05, 0) is 52.6 Å². The molecule has 2 aromatic rings. The van der Waals surface area contributed by atoms with Crippen molar-refractivity contribution in [3.05, 3.63) is 53.6 Å². The Morgan fingerprint density at radius 3 is 2.39 bits per heavy atom. The fraction of sp³-hybridized carbons (Fsp3) is 0.500. The Hall–Kier alpha value is -1.72. The number of hydrogen-bond acceptors (Lipinski definition) is 3. The van der Waals surface area contributed by atoms with Gasteiger partial charge in [0.2, 0.25) is 0 Å². The Bertz CT molecular complexity index is 611. The van der Waals surface area contributed by atoms with Crippen molar-refractivity contribution in [2.75, 3.05) is 20.6 Å². The highest BCUT2D eigenvalue weighted by molar-refractivity contribution is 5.20. The number of benzene rings is 1. The number of aromatic nitrogens is 2. The normalized spacial score (nSPS) is 13.5. The molecule has 1 unspecified atom stereocenters. The van der Waals surface area contributed by atoms with E-state index in [-0.39, 0.29) is 17.4 Å². The molecule has 0 aliphatic carbocycles. The largest absolute Gasteiger partial charge is 0.311 e. The average molecular weight is 318 g/mol. The van der Waals surface area contributed by atoms with Gasteiger partial charge in [0.15, 0.2) is 0 Å². The van der Waals surface area contributed by atoms with E-state index in [9.17, 15) is 4.39 Å². The number of halogens is 1. The maximum atomic E-state index is 13.1. The van der Waals surface area contributed by atoms with E-state index in [0.29, 0.717) is 0 Å². The second kappa shape index (κ2) is 7.23. The lowest BCUT2D eigenvalue weighted by molar-refractivity contribution is 0.288. The lowest BCUT2D eigenvalue weighted by Crippen LogP contribution is -2.30. The lowest BCUT2D eigenvalue weighted by atomic mass is 10.1. The Balaban J connectivity index is 1.95. The van der Waals surface area contributed by atoms with Gasteiger partial charge in [-0.1, -0.05) is 12.1 Å². The average Bonchev–Trinajstić information content (AvgIpc) is 2.93. The van der Waals surface area contributed by atoms with Gasteiger partial charge in [0.05, 0.1) is 11.7 Å². The molecule has 0 fully saturated rings. The first-order chi connectivity index (χ1) is 10.8. The number of nitrogens with zero attached hydrogens (tertiary/aromatic N) is 3. The molecule has 1 aromatic heterocycles. The van der Waals surface area contributed by atoms with Crippen molar-refractivity contribution in [1.29, 1.82) is 0 Å². The van der Waals surface area contributed by atoms with E-state index in [1.807, 2.05) is 37.1 Å². The standard InChI is InChI=1S/C18H27FN4/c1-18(2,3)23-13-14(11-21-23)10-20-12-17(22(4)5)15-6-8-16(19)9-7-15/h6-9,11,13,17,20H,10,12H2,1-5H3. The molecule has 5 heteroatoms. The first-order valence-electron chi connectivity index (χ1n) is 7.94. The smallest absolute Gasteiger partial charge is 0.123 e. The molecule has 1 atom stereocenters. The predicted octanol–water partition coefficient (Wildman–Crippen LogP) is 3.17. The summed E-state index contributed by atoms with van der Waals surface area (Å²) in [6, 6.07) is 6.92. The maximum absolute atomic E-state index is 13.1. The van der Waals surface area contributed by atoms with E-state index in [1.54, 1.807) is 0 Å². The minimum absolute atomic E-state index is 0.00146. The summed E-state index contributed by atoms with van der Waals surface area (Å²) in [6.07, 6.45) is 3.98. The second-order valence-corrected chi connectivity index (χ2v) is 7.13. The molecule has 126 valence electrons. The molecule has 0 radical (unpaired) electrons. The van der Waals surface area contributed by atoms with Gasteiger partial charge in [0.1, 0.15) is 5.82 Å². The van der Waals surface area contributed by atoms with Crippen molar-refractivity contribution >= 4 is 0 Å². The summed E-state index contributed by atoms with van der Waals surface area (Å²) in [5.41, 5.74) is 2.27. The highest BCUT2D eigenvalue weighted by Crippen LogP contribution is 2.18. The molecule has 2 rings (SSSR count). The van der Waals surface area contributed by atoms with Crippen molar-refractivity contribution in [1.82, 2.24) is 20.0 Å². The van der Waals surface area contributed by atoms with Gasteiger partial charge in [-0.3, -0.25) is 4.68 Å². The zero-order valence-electron chi connectivity index (χ0n) is 14.7. The van der Waals surface area contributed by atoms with Crippen molar-refractivity contribution in [3.63, 3.8) is 0 Å². The molecule has 4 nitrogen and oxygen atoms in total. The Labute approximate surface area is 138 Å². The van der Waals surface area contributed by atoms with Gasteiger partial charge in [-0.25, -0.2) is 4.39 Å². The molecule has 0 saturated carbocycles. The summed E-state index contributed by atoms with van der Waals surface area (Å²) in [6.45, 7) is 7.95. The van der Waals surface area contributed by atoms with Crippen LogP contribution in [0.3, 0.4) is 0 Å². The topological polar surface area (TPSA) is 33.1 Å². The van der Waals surface area contributed by atoms with E-state index >= 15 is 0 Å². The Morgan fingerprint density at radius 2 is 1.87 bits per heavy atom. The first-order valence-corrected chi connectivity index (χ1v) is 7.94. The molecule has 0 spiro atoms. The van der Waals surface area contributed by atoms with Crippen LogP contribution in [0.1, 0.15) is 37.9 Å². The predicted molar refractivity (Wildman–Crippen MR) is 91.8 cm³/mol. The second-order valence-electron chi connectivity index (χ2n) is 7.13. The maximum Gasteiger partial charge on any atom is 0.123 e. The Kier molecular flexibility index (Phi) is 5.55. The zero-order chi connectivity index (χ0) is 17.0. The molecule has 0 aliphatic heterocycles. The fourth-order valence-electron chi connectivity index (χ4n) is 2.45. The van der Waals surface area contributed by atoms with Crippen LogP contribution in [-0.4, -0.2) is 35.3 Å². The van der Waals surface area contributed by atoms with Crippen LogP contribution in [0.5, 0.6) is 0 Å². The van der Waals surface area contributed by atoms with E-state index in [4.69, 9.17) is 0 Å². The van der Waals surface area contributed by atoms with Crippen LogP contribution in [0, 0.1) is 5.82 Å². The summed E-state index contributed by atoms with van der Waals surface area (Å²) >= 11 is 0. The van der Waals surface area contributed by atoms with Gasteiger partial charge in [-0.15, -0.1) is 0 Å². The SMILES string of the molecule is CN(C)C(CNCc1cnn(C(C)(C)C)c1)c1ccc(F)cc1. The number of hydrogen-bond donors (Lipinski definition) is 1. The van der Waals surface area contributed by atoms with Gasteiger partial charge >= 0.3 is 0 Å². The molecule has 0 bridgehead atoms. The highest BCUT2D eigenvalue weighted by atomic mass is 19.1. The number of nitrogens with one attached hydrogen (secondary N) is 1. The Morgan fingerprint density at radius 1 is 1.22 bits per heavy atom. The van der Waals surface area contributed by atoms with Crippen molar-refractivity contribution in [2.24, 2.45) is 0 Å². The third-order valence-electron chi connectivity index (χ3n) is 3.87. The van der Waals surface area contributed by atoms with Gasteiger partial charge < -0.3 is 10.2 Å². The third kappa shape index (κ3) is 4.88. The molecule has 1 N–H and O–H groups in total. The third-order valence-corrected chi connectivity index (χ3v) is 3.87. The fourth-order valence-corrected chi connectivity index (χ4v) is 2.45. The zero-order valence-corrected chi connectivity index (χ0v) is 14.7. The molecule has 0 saturated heterocycles. The van der Waals surface area contributed by atoms with Crippen LogP contribution in [0.25, 0.3) is 0 Å². The summed E-state index contributed by atoms with van der Waals surface area (Å²) in [7, 11) is 4.07. The van der Waals surface area contributed by atoms with Crippen LogP contribution >= 0.6 is 0 Å². The van der Waals surface area contributed by atoms with Crippen molar-refractivity contribution in [2.45, 2.75) is 38.9 Å². The highest BCUT2D eigenvalue weighted by Gasteiger charge is 2.15. The number of likely N-dealkylation sites (N-methyl/N-ethyl adjacent to an activating group) is 1. The molecule has 1 heterocycles. The van der Waals surface area contributed by atoms with Gasteiger partial charge in [-0.2, -0.15) is 5.10 Å². The van der Waals surface area contributed by atoms with E-state index in [2.05, 4.69) is 42.3 Å². The molecule has 1 aromatic carbocycles. The van der Waals surface area contributed by atoms with E-state index in [1.165, 1.54) is 12.1 Å². The minimum Gasteiger partial charge on any atom is -0.311 e. The number of rotatable bonds is 6. The monoisotopic (exact) mass is 318 g/mol. The molecular weight excluding hydrogens is 291 g/mol. The van der Waals surface area contributed by atoms with Crippen LogP contribution < -0.4 is 5.32 Å². The molecular formula is C18H27FN4. The van der Waals surface area contributed by atoms with Crippen LogP contribution in [0.4, 0.5) is 4.39 Å². The van der Waals surface area contributed by atoms with Gasteiger partial charge in [0, 0.05) is 30.9 Å². The quantitative estimate of drug-likeness (QED) is 0.888. The minimum atomic E-state index is -0.200. The van der Waals surface area contributed by atoms with Crippen molar-refractivity contribution < 1.29 is 4.39 Å². The van der Waals surface area contributed by atoms with Crippen LogP contribution in [-0.2, 0) is 12.1 Å². The van der Waals surface area contributed by atoms with E-state index in [0.717, 1.165) is 24.2 Å². The molecule has 0 amide bonds.